The van der Waals surface area contributed by atoms with E-state index in [0.29, 0.717) is 25.1 Å². The van der Waals surface area contributed by atoms with Gasteiger partial charge in [-0.05, 0) is 19.3 Å². The average molecular weight is 251 g/mol. The molecule has 5 N–H and O–H groups in total. The summed E-state index contributed by atoms with van der Waals surface area (Å²) in [7, 11) is 0. The summed E-state index contributed by atoms with van der Waals surface area (Å²) < 4.78 is 0. The van der Waals surface area contributed by atoms with E-state index in [4.69, 9.17) is 10.9 Å². The van der Waals surface area contributed by atoms with Crippen LogP contribution >= 0.6 is 0 Å². The van der Waals surface area contributed by atoms with Crippen molar-refractivity contribution in [1.29, 1.82) is 0 Å². The Hall–Kier alpha value is -2.05. The predicted molar refractivity (Wildman–Crippen MR) is 64.8 cm³/mol. The summed E-state index contributed by atoms with van der Waals surface area (Å²) in [4.78, 5) is 19.3. The van der Waals surface area contributed by atoms with Crippen molar-refractivity contribution in [3.63, 3.8) is 0 Å². The van der Waals surface area contributed by atoms with Gasteiger partial charge >= 0.3 is 0 Å². The van der Waals surface area contributed by atoms with Gasteiger partial charge < -0.3 is 21.2 Å². The van der Waals surface area contributed by atoms with Gasteiger partial charge in [0.1, 0.15) is 11.2 Å². The number of rotatable bonds is 5. The number of aromatic nitrogens is 2. The lowest BCUT2D eigenvalue weighted by atomic mass is 10.0. The van der Waals surface area contributed by atoms with Gasteiger partial charge in [0.15, 0.2) is 5.84 Å². The van der Waals surface area contributed by atoms with Crippen LogP contribution in [0.5, 0.6) is 0 Å². The summed E-state index contributed by atoms with van der Waals surface area (Å²) in [5.74, 6) is 0.483. The normalized spacial score (nSPS) is 19.3. The SMILES string of the molecule is CCC(NC(=O)C1(/C(N)=N/O)CC1)c1ncc[nH]1. The first-order valence-corrected chi connectivity index (χ1v) is 5.92. The van der Waals surface area contributed by atoms with E-state index < -0.39 is 5.41 Å². The number of nitrogens with zero attached hydrogens (tertiary/aromatic N) is 2. The molecule has 1 aliphatic rings. The Labute approximate surface area is 104 Å². The van der Waals surface area contributed by atoms with Crippen LogP contribution in [-0.2, 0) is 4.79 Å². The van der Waals surface area contributed by atoms with Gasteiger partial charge in [-0.3, -0.25) is 4.79 Å². The van der Waals surface area contributed by atoms with Crippen LogP contribution in [0.15, 0.2) is 17.5 Å². The maximum absolute atomic E-state index is 12.2. The highest BCUT2D eigenvalue weighted by molar-refractivity contribution is 6.09. The van der Waals surface area contributed by atoms with Gasteiger partial charge in [-0.2, -0.15) is 0 Å². The molecule has 0 spiro atoms. The molecule has 1 heterocycles. The third-order valence-corrected chi connectivity index (χ3v) is 3.35. The number of carbonyl (C=O) groups is 1. The number of aromatic amines is 1. The zero-order chi connectivity index (χ0) is 13.2. The number of hydrogen-bond acceptors (Lipinski definition) is 4. The fourth-order valence-corrected chi connectivity index (χ4v) is 1.95. The van der Waals surface area contributed by atoms with Crippen molar-refractivity contribution in [2.75, 3.05) is 0 Å². The maximum atomic E-state index is 12.2. The van der Waals surface area contributed by atoms with Gasteiger partial charge in [-0.1, -0.05) is 12.1 Å². The van der Waals surface area contributed by atoms with Crippen LogP contribution in [-0.4, -0.2) is 26.9 Å². The molecule has 1 aromatic rings. The highest BCUT2D eigenvalue weighted by Crippen LogP contribution is 2.46. The zero-order valence-electron chi connectivity index (χ0n) is 10.2. The first-order valence-electron chi connectivity index (χ1n) is 5.92. The van der Waals surface area contributed by atoms with Crippen LogP contribution in [0.3, 0.4) is 0 Å². The van der Waals surface area contributed by atoms with Crippen LogP contribution in [0.4, 0.5) is 0 Å². The number of hydrogen-bond donors (Lipinski definition) is 4. The second-order valence-corrected chi connectivity index (χ2v) is 4.48. The molecule has 1 amide bonds. The van der Waals surface area contributed by atoms with E-state index in [1.807, 2.05) is 6.92 Å². The van der Waals surface area contributed by atoms with E-state index in [1.165, 1.54) is 0 Å². The summed E-state index contributed by atoms with van der Waals surface area (Å²) in [5.41, 5.74) is 4.74. The first-order chi connectivity index (χ1) is 8.64. The van der Waals surface area contributed by atoms with Gasteiger partial charge in [0.25, 0.3) is 0 Å². The number of H-pyrrole nitrogens is 1. The second kappa shape index (κ2) is 4.67. The lowest BCUT2D eigenvalue weighted by Crippen LogP contribution is -2.42. The molecular formula is C11H17N5O2. The molecular weight excluding hydrogens is 234 g/mol. The molecule has 7 heteroatoms. The number of oxime groups is 1. The smallest absolute Gasteiger partial charge is 0.234 e. The molecule has 0 aromatic carbocycles. The van der Waals surface area contributed by atoms with Crippen molar-refractivity contribution >= 4 is 11.7 Å². The van der Waals surface area contributed by atoms with Crippen molar-refractivity contribution in [2.45, 2.75) is 32.2 Å². The summed E-state index contributed by atoms with van der Waals surface area (Å²) in [6.07, 6.45) is 5.29. The van der Waals surface area contributed by atoms with Crippen molar-refractivity contribution in [3.8, 4) is 0 Å². The van der Waals surface area contributed by atoms with Gasteiger partial charge in [0.2, 0.25) is 5.91 Å². The molecule has 18 heavy (non-hydrogen) atoms. The van der Waals surface area contributed by atoms with Gasteiger partial charge in [0, 0.05) is 12.4 Å². The van der Waals surface area contributed by atoms with Gasteiger partial charge in [-0.15, -0.1) is 0 Å². The molecule has 1 saturated carbocycles. The van der Waals surface area contributed by atoms with E-state index >= 15 is 0 Å². The summed E-state index contributed by atoms with van der Waals surface area (Å²) >= 11 is 0. The van der Waals surface area contributed by atoms with Gasteiger partial charge in [0.05, 0.1) is 6.04 Å². The molecule has 1 aromatic heterocycles. The Morgan fingerprint density at radius 1 is 1.78 bits per heavy atom. The first kappa shape index (κ1) is 12.4. The molecule has 2 rings (SSSR count). The molecule has 0 saturated heterocycles. The number of amidine groups is 1. The maximum Gasteiger partial charge on any atom is 0.234 e. The van der Waals surface area contributed by atoms with E-state index in [9.17, 15) is 4.79 Å². The monoisotopic (exact) mass is 251 g/mol. The third kappa shape index (κ3) is 2.03. The zero-order valence-corrected chi connectivity index (χ0v) is 10.2. The summed E-state index contributed by atoms with van der Waals surface area (Å²) in [6.45, 7) is 1.95. The highest BCUT2D eigenvalue weighted by Gasteiger charge is 2.54. The Morgan fingerprint density at radius 2 is 2.50 bits per heavy atom. The third-order valence-electron chi connectivity index (χ3n) is 3.35. The molecule has 1 unspecified atom stereocenters. The number of nitrogens with two attached hydrogens (primary N) is 1. The van der Waals surface area contributed by atoms with E-state index in [2.05, 4.69) is 20.4 Å². The average Bonchev–Trinajstić information content (AvgIpc) is 3.03. The largest absolute Gasteiger partial charge is 0.409 e. The molecule has 98 valence electrons. The van der Waals surface area contributed by atoms with Crippen molar-refractivity contribution < 1.29 is 10.0 Å². The second-order valence-electron chi connectivity index (χ2n) is 4.48. The lowest BCUT2D eigenvalue weighted by molar-refractivity contribution is -0.125. The standard InChI is InChI=1S/C11H17N5O2/c1-2-7(8-13-5-6-14-8)15-10(17)11(3-4-11)9(12)16-18/h5-7,18H,2-4H2,1H3,(H2,12,16)(H,13,14)(H,15,17). The predicted octanol–water partition coefficient (Wildman–Crippen LogP) is 0.504. The molecule has 0 aliphatic heterocycles. The van der Waals surface area contributed by atoms with Crippen molar-refractivity contribution in [1.82, 2.24) is 15.3 Å². The molecule has 7 nitrogen and oxygen atoms in total. The van der Waals surface area contributed by atoms with E-state index in [-0.39, 0.29) is 17.8 Å². The van der Waals surface area contributed by atoms with Crippen LogP contribution in [0, 0.1) is 5.41 Å². The van der Waals surface area contributed by atoms with Crippen LogP contribution in [0.1, 0.15) is 38.1 Å². The van der Waals surface area contributed by atoms with Crippen molar-refractivity contribution in [2.24, 2.45) is 16.3 Å². The Bertz CT molecular complexity index is 450. The number of nitrogens with one attached hydrogen (secondary N) is 2. The molecule has 1 fully saturated rings. The Morgan fingerprint density at radius 3 is 2.94 bits per heavy atom. The van der Waals surface area contributed by atoms with Gasteiger partial charge in [-0.25, -0.2) is 4.98 Å². The number of amides is 1. The summed E-state index contributed by atoms with van der Waals surface area (Å²) in [5, 5.41) is 14.5. The van der Waals surface area contributed by atoms with Crippen LogP contribution in [0.25, 0.3) is 0 Å². The summed E-state index contributed by atoms with van der Waals surface area (Å²) in [6, 6.07) is -0.184. The molecule has 1 aliphatic carbocycles. The molecule has 0 radical (unpaired) electrons. The minimum absolute atomic E-state index is 0.0192. The number of carbonyl (C=O) groups excluding carboxylic acids is 1. The van der Waals surface area contributed by atoms with Crippen molar-refractivity contribution in [3.05, 3.63) is 18.2 Å². The Kier molecular flexibility index (Phi) is 3.22. The quantitative estimate of drug-likeness (QED) is 0.264. The topological polar surface area (TPSA) is 116 Å². The minimum Gasteiger partial charge on any atom is -0.409 e. The highest BCUT2D eigenvalue weighted by atomic mass is 16.4. The minimum atomic E-state index is -0.825. The fraction of sp³-hybridized carbons (Fsp3) is 0.545. The Balaban J connectivity index is 2.07. The fourth-order valence-electron chi connectivity index (χ4n) is 1.95. The lowest BCUT2D eigenvalue weighted by Gasteiger charge is -2.19. The van der Waals surface area contributed by atoms with E-state index in [0.717, 1.165) is 0 Å². The van der Waals surface area contributed by atoms with Crippen LogP contribution in [0.2, 0.25) is 0 Å². The molecule has 0 bridgehead atoms. The molecule has 1 atom stereocenters. The number of imidazole rings is 1. The van der Waals surface area contributed by atoms with E-state index in [1.54, 1.807) is 12.4 Å². The van der Waals surface area contributed by atoms with Crippen LogP contribution < -0.4 is 11.1 Å².